The van der Waals surface area contributed by atoms with Crippen LogP contribution in [0.3, 0.4) is 0 Å². The number of benzene rings is 1. The third-order valence-electron chi connectivity index (χ3n) is 3.00. The van der Waals surface area contributed by atoms with Gasteiger partial charge in [0.1, 0.15) is 0 Å². The van der Waals surface area contributed by atoms with Crippen molar-refractivity contribution >= 4 is 39.0 Å². The first kappa shape index (κ1) is 14.3. The second kappa shape index (κ2) is 6.00. The van der Waals surface area contributed by atoms with E-state index in [4.69, 9.17) is 5.26 Å². The van der Waals surface area contributed by atoms with E-state index in [1.807, 2.05) is 23.6 Å². The Morgan fingerprint density at radius 1 is 1.14 bits per heavy atom. The average Bonchev–Trinajstić information content (AvgIpc) is 2.96. The van der Waals surface area contributed by atoms with Crippen LogP contribution in [-0.2, 0) is 0 Å². The second-order valence-electron chi connectivity index (χ2n) is 5.14. The fourth-order valence-corrected chi connectivity index (χ4v) is 2.81. The van der Waals surface area contributed by atoms with Crippen LogP contribution in [0.25, 0.3) is 10.2 Å². The third-order valence-corrected chi connectivity index (χ3v) is 3.91. The molecule has 2 aromatic heterocycles. The third kappa shape index (κ3) is 3.00. The largest absolute Gasteiger partial charge is 0.352 e. The van der Waals surface area contributed by atoms with Crippen molar-refractivity contribution < 1.29 is 0 Å². The summed E-state index contributed by atoms with van der Waals surface area (Å²) in [5.74, 6) is 1.38. The zero-order valence-corrected chi connectivity index (χ0v) is 13.1. The van der Waals surface area contributed by atoms with Gasteiger partial charge in [0.05, 0.1) is 21.8 Å². The molecule has 3 rings (SSSR count). The number of thiophene rings is 1. The Bertz CT molecular complexity index is 830. The van der Waals surface area contributed by atoms with Crippen molar-refractivity contribution in [3.05, 3.63) is 41.3 Å². The Morgan fingerprint density at radius 3 is 2.59 bits per heavy atom. The summed E-state index contributed by atoms with van der Waals surface area (Å²) in [6.45, 7) is 4.10. The molecule has 0 amide bonds. The van der Waals surface area contributed by atoms with Crippen LogP contribution in [0.2, 0.25) is 0 Å². The van der Waals surface area contributed by atoms with Crippen molar-refractivity contribution in [3.8, 4) is 6.07 Å². The van der Waals surface area contributed by atoms with Crippen LogP contribution < -0.4 is 10.6 Å². The standard InChI is InChI=1S/C16H15N5S/c1-10(2)18-16-20-13-7-8-22-14(13)15(21-16)19-12-5-3-11(9-17)4-6-12/h3-8,10H,1-2H3,(H2,18,19,20,21). The molecule has 0 unspecified atom stereocenters. The number of nitrogens with one attached hydrogen (secondary N) is 2. The van der Waals surface area contributed by atoms with Gasteiger partial charge in [-0.3, -0.25) is 0 Å². The van der Waals surface area contributed by atoms with E-state index in [-0.39, 0.29) is 6.04 Å². The number of hydrogen-bond acceptors (Lipinski definition) is 6. The van der Waals surface area contributed by atoms with Gasteiger partial charge in [0.15, 0.2) is 5.82 Å². The lowest BCUT2D eigenvalue weighted by molar-refractivity contribution is 0.878. The zero-order valence-electron chi connectivity index (χ0n) is 12.3. The topological polar surface area (TPSA) is 73.6 Å². The van der Waals surface area contributed by atoms with Crippen LogP contribution in [0.4, 0.5) is 17.5 Å². The van der Waals surface area contributed by atoms with Crippen molar-refractivity contribution in [2.75, 3.05) is 10.6 Å². The predicted octanol–water partition coefficient (Wildman–Crippen LogP) is 4.13. The van der Waals surface area contributed by atoms with Gasteiger partial charge in [0.25, 0.3) is 0 Å². The lowest BCUT2D eigenvalue weighted by Crippen LogP contribution is -2.13. The molecule has 2 N–H and O–H groups in total. The van der Waals surface area contributed by atoms with Gasteiger partial charge in [0, 0.05) is 11.7 Å². The molecular weight excluding hydrogens is 294 g/mol. The van der Waals surface area contributed by atoms with Crippen LogP contribution in [0.5, 0.6) is 0 Å². The average molecular weight is 309 g/mol. The molecule has 0 spiro atoms. The SMILES string of the molecule is CC(C)Nc1nc(Nc2ccc(C#N)cc2)c2sccc2n1. The first-order valence-corrected chi connectivity index (χ1v) is 7.82. The number of hydrogen-bond donors (Lipinski definition) is 2. The highest BCUT2D eigenvalue weighted by Gasteiger charge is 2.10. The van der Waals surface area contributed by atoms with E-state index < -0.39 is 0 Å². The maximum atomic E-state index is 8.85. The fraction of sp³-hybridized carbons (Fsp3) is 0.188. The fourth-order valence-electron chi connectivity index (χ4n) is 2.04. The first-order chi connectivity index (χ1) is 10.7. The highest BCUT2D eigenvalue weighted by atomic mass is 32.1. The van der Waals surface area contributed by atoms with Gasteiger partial charge >= 0.3 is 0 Å². The van der Waals surface area contributed by atoms with E-state index in [0.717, 1.165) is 21.7 Å². The number of nitriles is 1. The van der Waals surface area contributed by atoms with Crippen LogP contribution >= 0.6 is 11.3 Å². The number of fused-ring (bicyclic) bond motifs is 1. The van der Waals surface area contributed by atoms with Crippen molar-refractivity contribution in [1.29, 1.82) is 5.26 Å². The van der Waals surface area contributed by atoms with E-state index in [1.54, 1.807) is 23.5 Å². The lowest BCUT2D eigenvalue weighted by Gasteiger charge is -2.11. The van der Waals surface area contributed by atoms with Crippen LogP contribution in [-0.4, -0.2) is 16.0 Å². The molecule has 0 aliphatic heterocycles. The van der Waals surface area contributed by atoms with Crippen LogP contribution in [0.15, 0.2) is 35.7 Å². The molecule has 1 aromatic carbocycles. The quantitative estimate of drug-likeness (QED) is 0.758. The number of anilines is 3. The van der Waals surface area contributed by atoms with Gasteiger partial charge in [-0.05, 0) is 49.6 Å². The van der Waals surface area contributed by atoms with E-state index in [1.165, 1.54) is 0 Å². The van der Waals surface area contributed by atoms with Gasteiger partial charge in [-0.15, -0.1) is 11.3 Å². The van der Waals surface area contributed by atoms with E-state index in [9.17, 15) is 0 Å². The summed E-state index contributed by atoms with van der Waals surface area (Å²) in [6.07, 6.45) is 0. The van der Waals surface area contributed by atoms with Gasteiger partial charge in [-0.1, -0.05) is 0 Å². The zero-order chi connectivity index (χ0) is 15.5. The van der Waals surface area contributed by atoms with Gasteiger partial charge < -0.3 is 10.6 Å². The van der Waals surface area contributed by atoms with E-state index in [0.29, 0.717) is 11.5 Å². The highest BCUT2D eigenvalue weighted by Crippen LogP contribution is 2.29. The molecule has 0 bridgehead atoms. The molecule has 6 heteroatoms. The molecule has 2 heterocycles. The van der Waals surface area contributed by atoms with E-state index in [2.05, 4.69) is 40.5 Å². The van der Waals surface area contributed by atoms with Crippen LogP contribution in [0.1, 0.15) is 19.4 Å². The Labute approximate surface area is 132 Å². The second-order valence-corrected chi connectivity index (χ2v) is 6.06. The number of nitrogens with zero attached hydrogens (tertiary/aromatic N) is 3. The summed E-state index contributed by atoms with van der Waals surface area (Å²) < 4.78 is 1.01. The minimum absolute atomic E-state index is 0.263. The van der Waals surface area contributed by atoms with Gasteiger partial charge in [-0.2, -0.15) is 10.2 Å². The van der Waals surface area contributed by atoms with Crippen LogP contribution in [0, 0.1) is 11.3 Å². The Kier molecular flexibility index (Phi) is 3.90. The summed E-state index contributed by atoms with van der Waals surface area (Å²) in [7, 11) is 0. The summed E-state index contributed by atoms with van der Waals surface area (Å²) in [6, 6.07) is 11.7. The Balaban J connectivity index is 1.97. The van der Waals surface area contributed by atoms with Crippen molar-refractivity contribution in [3.63, 3.8) is 0 Å². The Morgan fingerprint density at radius 2 is 1.91 bits per heavy atom. The summed E-state index contributed by atoms with van der Waals surface area (Å²) in [5.41, 5.74) is 2.44. The van der Waals surface area contributed by atoms with Gasteiger partial charge in [0.2, 0.25) is 5.95 Å². The maximum absolute atomic E-state index is 8.85. The molecular formula is C16H15N5S. The molecule has 110 valence electrons. The lowest BCUT2D eigenvalue weighted by atomic mass is 10.2. The molecule has 3 aromatic rings. The minimum Gasteiger partial charge on any atom is -0.352 e. The molecule has 5 nitrogen and oxygen atoms in total. The monoisotopic (exact) mass is 309 g/mol. The first-order valence-electron chi connectivity index (χ1n) is 6.94. The Hall–Kier alpha value is -2.65. The normalized spacial score (nSPS) is 10.6. The summed E-state index contributed by atoms with van der Waals surface area (Å²) in [5, 5.41) is 17.4. The molecule has 0 aliphatic rings. The summed E-state index contributed by atoms with van der Waals surface area (Å²) in [4.78, 5) is 9.07. The number of aromatic nitrogens is 2. The van der Waals surface area contributed by atoms with Crippen molar-refractivity contribution in [2.45, 2.75) is 19.9 Å². The maximum Gasteiger partial charge on any atom is 0.225 e. The van der Waals surface area contributed by atoms with Crippen molar-refractivity contribution in [2.24, 2.45) is 0 Å². The number of rotatable bonds is 4. The summed E-state index contributed by atoms with van der Waals surface area (Å²) >= 11 is 1.60. The van der Waals surface area contributed by atoms with Gasteiger partial charge in [-0.25, -0.2) is 4.98 Å². The minimum atomic E-state index is 0.263. The van der Waals surface area contributed by atoms with E-state index >= 15 is 0 Å². The molecule has 22 heavy (non-hydrogen) atoms. The highest BCUT2D eigenvalue weighted by molar-refractivity contribution is 7.17. The molecule has 0 fully saturated rings. The molecule has 0 saturated carbocycles. The van der Waals surface area contributed by atoms with Crippen molar-refractivity contribution in [1.82, 2.24) is 9.97 Å². The molecule has 0 aliphatic carbocycles. The predicted molar refractivity (Wildman–Crippen MR) is 90.6 cm³/mol. The molecule has 0 saturated heterocycles. The molecule has 0 atom stereocenters. The molecule has 0 radical (unpaired) electrons. The smallest absolute Gasteiger partial charge is 0.225 e.